The first-order valence-electron chi connectivity index (χ1n) is 4.81. The quantitative estimate of drug-likeness (QED) is 0.471. The molecule has 5 nitrogen and oxygen atoms in total. The molecule has 1 unspecified atom stereocenters. The summed E-state index contributed by atoms with van der Waals surface area (Å²) in [5.74, 6) is -0.461. The van der Waals surface area contributed by atoms with Crippen LogP contribution in [0.25, 0.3) is 0 Å². The van der Waals surface area contributed by atoms with Gasteiger partial charge in [0.2, 0.25) is 0 Å². The molecule has 0 heterocycles. The van der Waals surface area contributed by atoms with Gasteiger partial charge in [-0.25, -0.2) is 0 Å². The monoisotopic (exact) mass is 204 g/mol. The van der Waals surface area contributed by atoms with Crippen LogP contribution in [0.2, 0.25) is 0 Å². The summed E-state index contributed by atoms with van der Waals surface area (Å²) in [5, 5.41) is 11.4. The van der Waals surface area contributed by atoms with Gasteiger partial charge < -0.3 is 20.9 Å². The third kappa shape index (κ3) is 7.97. The molecule has 0 aliphatic carbocycles. The number of nitrogens with one attached hydrogen (secondary N) is 1. The van der Waals surface area contributed by atoms with E-state index < -0.39 is 12.0 Å². The van der Waals surface area contributed by atoms with Crippen molar-refractivity contribution in [2.45, 2.75) is 19.9 Å². The smallest absolute Gasteiger partial charge is 0.321 e. The van der Waals surface area contributed by atoms with Crippen LogP contribution in [0.1, 0.15) is 13.8 Å². The van der Waals surface area contributed by atoms with Crippen molar-refractivity contribution in [1.82, 2.24) is 5.32 Å². The van der Waals surface area contributed by atoms with Crippen LogP contribution in [0.3, 0.4) is 0 Å². The van der Waals surface area contributed by atoms with Gasteiger partial charge in [0.05, 0.1) is 6.61 Å². The van der Waals surface area contributed by atoms with E-state index in [9.17, 15) is 4.79 Å². The number of carboxylic acid groups (broad SMARTS) is 1. The Morgan fingerprint density at radius 2 is 2.21 bits per heavy atom. The fraction of sp³-hybridized carbons (Fsp3) is 0.889. The molecule has 14 heavy (non-hydrogen) atoms. The molecule has 0 fully saturated rings. The summed E-state index contributed by atoms with van der Waals surface area (Å²) in [6, 6.07) is -0.833. The van der Waals surface area contributed by atoms with E-state index in [-0.39, 0.29) is 6.54 Å². The number of carbonyl (C=O) groups is 1. The highest BCUT2D eigenvalue weighted by Crippen LogP contribution is 1.90. The highest BCUT2D eigenvalue weighted by atomic mass is 16.5. The van der Waals surface area contributed by atoms with Crippen LogP contribution in [0.15, 0.2) is 0 Å². The number of ether oxygens (including phenoxy) is 1. The van der Waals surface area contributed by atoms with E-state index in [0.717, 1.165) is 6.61 Å². The number of hydrogen-bond acceptors (Lipinski definition) is 4. The lowest BCUT2D eigenvalue weighted by Crippen LogP contribution is -2.41. The molecular weight excluding hydrogens is 184 g/mol. The van der Waals surface area contributed by atoms with Crippen molar-refractivity contribution in [2.24, 2.45) is 11.7 Å². The van der Waals surface area contributed by atoms with Gasteiger partial charge >= 0.3 is 5.97 Å². The Morgan fingerprint density at radius 3 is 2.71 bits per heavy atom. The lowest BCUT2D eigenvalue weighted by Gasteiger charge is -2.09. The Labute approximate surface area is 84.6 Å². The Morgan fingerprint density at radius 1 is 1.57 bits per heavy atom. The maximum atomic E-state index is 10.3. The highest BCUT2D eigenvalue weighted by Gasteiger charge is 2.09. The first kappa shape index (κ1) is 13.4. The van der Waals surface area contributed by atoms with Crippen LogP contribution in [0.4, 0.5) is 0 Å². The summed E-state index contributed by atoms with van der Waals surface area (Å²) in [5.41, 5.74) is 5.28. The van der Waals surface area contributed by atoms with E-state index in [0.29, 0.717) is 19.1 Å². The van der Waals surface area contributed by atoms with E-state index in [1.54, 1.807) is 0 Å². The molecule has 1 atom stereocenters. The molecule has 0 bridgehead atoms. The van der Waals surface area contributed by atoms with Crippen molar-refractivity contribution in [2.75, 3.05) is 26.3 Å². The summed E-state index contributed by atoms with van der Waals surface area (Å²) in [4.78, 5) is 10.3. The first-order chi connectivity index (χ1) is 6.54. The summed E-state index contributed by atoms with van der Waals surface area (Å²) >= 11 is 0. The minimum atomic E-state index is -0.986. The van der Waals surface area contributed by atoms with Gasteiger partial charge in [0.25, 0.3) is 0 Å². The molecule has 0 radical (unpaired) electrons. The van der Waals surface area contributed by atoms with Gasteiger partial charge in [-0.2, -0.15) is 0 Å². The Balaban J connectivity index is 3.17. The Kier molecular flexibility index (Phi) is 7.37. The molecule has 0 aliphatic rings. The summed E-state index contributed by atoms with van der Waals surface area (Å²) in [6.07, 6.45) is 0. The Bertz CT molecular complexity index is 162. The maximum absolute atomic E-state index is 10.3. The normalized spacial score (nSPS) is 13.1. The zero-order chi connectivity index (χ0) is 11.0. The fourth-order valence-electron chi connectivity index (χ4n) is 0.808. The van der Waals surface area contributed by atoms with E-state index >= 15 is 0 Å². The standard InChI is InChI=1S/C9H20N2O3/c1-7(2)6-14-4-3-11-5-8(10)9(12)13/h7-8,11H,3-6,10H2,1-2H3,(H,12,13). The third-order valence-electron chi connectivity index (χ3n) is 1.56. The van der Waals surface area contributed by atoms with Crippen LogP contribution in [-0.4, -0.2) is 43.4 Å². The molecule has 84 valence electrons. The number of nitrogens with two attached hydrogens (primary N) is 1. The zero-order valence-corrected chi connectivity index (χ0v) is 8.82. The maximum Gasteiger partial charge on any atom is 0.321 e. The summed E-state index contributed by atoms with van der Waals surface area (Å²) in [7, 11) is 0. The van der Waals surface area contributed by atoms with E-state index in [4.69, 9.17) is 15.6 Å². The second kappa shape index (κ2) is 7.73. The first-order valence-corrected chi connectivity index (χ1v) is 4.81. The van der Waals surface area contributed by atoms with Crippen LogP contribution < -0.4 is 11.1 Å². The van der Waals surface area contributed by atoms with Crippen LogP contribution >= 0.6 is 0 Å². The van der Waals surface area contributed by atoms with Crippen molar-refractivity contribution >= 4 is 5.97 Å². The van der Waals surface area contributed by atoms with Gasteiger partial charge in [0.1, 0.15) is 6.04 Å². The van der Waals surface area contributed by atoms with E-state index in [1.165, 1.54) is 0 Å². The summed E-state index contributed by atoms with van der Waals surface area (Å²) < 4.78 is 5.29. The van der Waals surface area contributed by atoms with E-state index in [2.05, 4.69) is 19.2 Å². The van der Waals surface area contributed by atoms with Gasteiger partial charge in [0.15, 0.2) is 0 Å². The number of rotatable bonds is 8. The molecule has 0 aromatic heterocycles. The molecule has 0 rings (SSSR count). The van der Waals surface area contributed by atoms with Gasteiger partial charge in [-0.05, 0) is 5.92 Å². The lowest BCUT2D eigenvalue weighted by molar-refractivity contribution is -0.138. The zero-order valence-electron chi connectivity index (χ0n) is 8.82. The molecule has 0 amide bonds. The molecule has 0 saturated heterocycles. The topological polar surface area (TPSA) is 84.6 Å². The molecule has 0 aromatic rings. The minimum absolute atomic E-state index is 0.278. The minimum Gasteiger partial charge on any atom is -0.480 e. The molecule has 0 spiro atoms. The lowest BCUT2D eigenvalue weighted by atomic mass is 10.2. The van der Waals surface area contributed by atoms with Gasteiger partial charge in [-0.3, -0.25) is 4.79 Å². The van der Waals surface area contributed by atoms with Crippen molar-refractivity contribution < 1.29 is 14.6 Å². The molecule has 5 heteroatoms. The van der Waals surface area contributed by atoms with E-state index in [1.807, 2.05) is 0 Å². The molecule has 0 aliphatic heterocycles. The second-order valence-electron chi connectivity index (χ2n) is 3.62. The molecule has 0 aromatic carbocycles. The van der Waals surface area contributed by atoms with Crippen molar-refractivity contribution in [3.63, 3.8) is 0 Å². The van der Waals surface area contributed by atoms with Crippen molar-refractivity contribution in [3.8, 4) is 0 Å². The molecule has 4 N–H and O–H groups in total. The van der Waals surface area contributed by atoms with Crippen molar-refractivity contribution in [1.29, 1.82) is 0 Å². The van der Waals surface area contributed by atoms with Crippen molar-refractivity contribution in [3.05, 3.63) is 0 Å². The largest absolute Gasteiger partial charge is 0.480 e. The SMILES string of the molecule is CC(C)COCCNCC(N)C(=O)O. The highest BCUT2D eigenvalue weighted by molar-refractivity contribution is 5.73. The predicted molar refractivity (Wildman–Crippen MR) is 54.1 cm³/mol. The number of hydrogen-bond donors (Lipinski definition) is 3. The van der Waals surface area contributed by atoms with Crippen LogP contribution in [0, 0.1) is 5.92 Å². The average Bonchev–Trinajstić information content (AvgIpc) is 2.09. The predicted octanol–water partition coefficient (Wildman–Crippen LogP) is -0.339. The second-order valence-corrected chi connectivity index (χ2v) is 3.62. The summed E-state index contributed by atoms with van der Waals surface area (Å²) in [6.45, 7) is 6.38. The third-order valence-corrected chi connectivity index (χ3v) is 1.56. The average molecular weight is 204 g/mol. The fourth-order valence-corrected chi connectivity index (χ4v) is 0.808. The number of aliphatic carboxylic acids is 1. The molecular formula is C9H20N2O3. The van der Waals surface area contributed by atoms with Crippen LogP contribution in [0.5, 0.6) is 0 Å². The van der Waals surface area contributed by atoms with Gasteiger partial charge in [-0.15, -0.1) is 0 Å². The van der Waals surface area contributed by atoms with Gasteiger partial charge in [-0.1, -0.05) is 13.8 Å². The van der Waals surface area contributed by atoms with Gasteiger partial charge in [0, 0.05) is 19.7 Å². The number of carboxylic acids is 1. The van der Waals surface area contributed by atoms with Crippen LogP contribution in [-0.2, 0) is 9.53 Å². The molecule has 0 saturated carbocycles. The Hall–Kier alpha value is -0.650.